The highest BCUT2D eigenvalue weighted by molar-refractivity contribution is 7.82. The highest BCUT2D eigenvalue weighted by atomic mass is 32.1. The molecule has 3 heteroatoms. The molecule has 16 heavy (non-hydrogen) atoms. The van der Waals surface area contributed by atoms with Crippen LogP contribution in [0.15, 0.2) is 0 Å². The molecule has 5 unspecified atom stereocenters. The molecule has 0 aromatic heterocycles. The Morgan fingerprint density at radius 1 is 1.56 bits per heavy atom. The zero-order valence-electron chi connectivity index (χ0n) is 10.6. The minimum Gasteiger partial charge on any atom is -0.378 e. The van der Waals surface area contributed by atoms with E-state index in [0.29, 0.717) is 24.0 Å². The van der Waals surface area contributed by atoms with Gasteiger partial charge in [-0.05, 0) is 25.7 Å². The van der Waals surface area contributed by atoms with Gasteiger partial charge in [0.1, 0.15) is 11.0 Å². The van der Waals surface area contributed by atoms with E-state index in [9.17, 15) is 0 Å². The molecule has 0 aromatic carbocycles. The molecule has 0 amide bonds. The van der Waals surface area contributed by atoms with E-state index >= 15 is 0 Å². The molecule has 94 valence electrons. The number of ether oxygens (including phenoxy) is 2. The molecule has 0 radical (unpaired) electrons. The van der Waals surface area contributed by atoms with Crippen LogP contribution in [-0.4, -0.2) is 23.7 Å². The van der Waals surface area contributed by atoms with Crippen molar-refractivity contribution in [1.29, 1.82) is 0 Å². The molecule has 0 N–H and O–H groups in total. The van der Waals surface area contributed by atoms with Crippen LogP contribution in [0.5, 0.6) is 0 Å². The highest BCUT2D eigenvalue weighted by Gasteiger charge is 2.65. The zero-order chi connectivity index (χ0) is 11.8. The van der Waals surface area contributed by atoms with Crippen LogP contribution in [0.4, 0.5) is 0 Å². The molecule has 1 aliphatic carbocycles. The van der Waals surface area contributed by atoms with Gasteiger partial charge in [-0.25, -0.2) is 0 Å². The van der Waals surface area contributed by atoms with E-state index in [1.165, 1.54) is 25.7 Å². The number of hydrogen-bond donors (Lipinski definition) is 1. The molecule has 1 saturated heterocycles. The number of epoxide rings is 1. The van der Waals surface area contributed by atoms with Crippen molar-refractivity contribution < 1.29 is 9.47 Å². The van der Waals surface area contributed by atoms with E-state index in [1.54, 1.807) is 0 Å². The molecule has 0 spiro atoms. The Morgan fingerprint density at radius 2 is 2.31 bits per heavy atom. The van der Waals surface area contributed by atoms with E-state index in [4.69, 9.17) is 9.47 Å². The van der Waals surface area contributed by atoms with Crippen molar-refractivity contribution >= 4 is 12.6 Å². The standard InChI is InChI=1S/C13H24O2S/c1-4-5-6-10(3)14-8-11-7-9(2)13(16)12(11)15-13/h9-12,16H,4-8H2,1-3H3. The number of rotatable bonds is 6. The summed E-state index contributed by atoms with van der Waals surface area (Å²) < 4.78 is 11.6. The molecular weight excluding hydrogens is 220 g/mol. The molecule has 2 aliphatic rings. The molecule has 1 aliphatic heterocycles. The fraction of sp³-hybridized carbons (Fsp3) is 1.00. The average Bonchev–Trinajstić information content (AvgIpc) is 2.88. The minimum atomic E-state index is -0.110. The zero-order valence-corrected chi connectivity index (χ0v) is 11.5. The van der Waals surface area contributed by atoms with Crippen LogP contribution < -0.4 is 0 Å². The van der Waals surface area contributed by atoms with Gasteiger partial charge in [-0.1, -0.05) is 26.7 Å². The molecule has 1 saturated carbocycles. The van der Waals surface area contributed by atoms with Crippen LogP contribution in [0.3, 0.4) is 0 Å². The fourth-order valence-corrected chi connectivity index (χ4v) is 3.19. The topological polar surface area (TPSA) is 21.8 Å². The van der Waals surface area contributed by atoms with Crippen LogP contribution in [0.2, 0.25) is 0 Å². The van der Waals surface area contributed by atoms with Gasteiger partial charge in [-0.3, -0.25) is 0 Å². The third kappa shape index (κ3) is 2.41. The van der Waals surface area contributed by atoms with Gasteiger partial charge in [-0.2, -0.15) is 0 Å². The summed E-state index contributed by atoms with van der Waals surface area (Å²) in [5.74, 6) is 1.14. The van der Waals surface area contributed by atoms with Crippen LogP contribution in [-0.2, 0) is 9.47 Å². The minimum absolute atomic E-state index is 0.110. The summed E-state index contributed by atoms with van der Waals surface area (Å²) in [6, 6.07) is 0. The Labute approximate surface area is 104 Å². The number of thiol groups is 1. The smallest absolute Gasteiger partial charge is 0.140 e. The quantitative estimate of drug-likeness (QED) is 0.572. The third-order valence-corrected chi connectivity index (χ3v) is 4.82. The predicted octanol–water partition coefficient (Wildman–Crippen LogP) is 3.26. The van der Waals surface area contributed by atoms with Crippen molar-refractivity contribution in [3.63, 3.8) is 0 Å². The van der Waals surface area contributed by atoms with E-state index in [0.717, 1.165) is 6.61 Å². The Balaban J connectivity index is 1.68. The molecule has 0 aromatic rings. The average molecular weight is 244 g/mol. The summed E-state index contributed by atoms with van der Waals surface area (Å²) in [7, 11) is 0. The fourth-order valence-electron chi connectivity index (χ4n) is 2.76. The maximum atomic E-state index is 5.90. The SMILES string of the molecule is CCCCC(C)OCC1CC(C)C2(S)OC12. The van der Waals surface area contributed by atoms with E-state index in [1.807, 2.05) is 0 Å². The third-order valence-electron chi connectivity index (χ3n) is 4.02. The summed E-state index contributed by atoms with van der Waals surface area (Å²) >= 11 is 4.60. The Morgan fingerprint density at radius 3 is 2.81 bits per heavy atom. The van der Waals surface area contributed by atoms with Gasteiger partial charge in [-0.15, -0.1) is 12.6 Å². The van der Waals surface area contributed by atoms with Crippen molar-refractivity contribution in [3.05, 3.63) is 0 Å². The summed E-state index contributed by atoms with van der Waals surface area (Å²) in [5.41, 5.74) is 0. The van der Waals surface area contributed by atoms with Crippen molar-refractivity contribution in [2.24, 2.45) is 11.8 Å². The Bertz CT molecular complexity index is 246. The van der Waals surface area contributed by atoms with Crippen molar-refractivity contribution in [3.8, 4) is 0 Å². The summed E-state index contributed by atoms with van der Waals surface area (Å²) in [6.45, 7) is 7.48. The van der Waals surface area contributed by atoms with Gasteiger partial charge in [0.05, 0.1) is 12.7 Å². The molecule has 2 fully saturated rings. The number of fused-ring (bicyclic) bond motifs is 1. The summed E-state index contributed by atoms with van der Waals surface area (Å²) in [6.07, 6.45) is 5.64. The normalized spacial score (nSPS) is 43.1. The lowest BCUT2D eigenvalue weighted by Crippen LogP contribution is -2.18. The number of hydrogen-bond acceptors (Lipinski definition) is 3. The second kappa shape index (κ2) is 4.87. The van der Waals surface area contributed by atoms with Gasteiger partial charge >= 0.3 is 0 Å². The van der Waals surface area contributed by atoms with Crippen LogP contribution in [0, 0.1) is 11.8 Å². The highest BCUT2D eigenvalue weighted by Crippen LogP contribution is 2.58. The van der Waals surface area contributed by atoms with Crippen LogP contribution in [0.25, 0.3) is 0 Å². The summed E-state index contributed by atoms with van der Waals surface area (Å²) in [4.78, 5) is -0.110. The van der Waals surface area contributed by atoms with Gasteiger partial charge < -0.3 is 9.47 Å². The maximum absolute atomic E-state index is 5.90. The predicted molar refractivity (Wildman–Crippen MR) is 68.8 cm³/mol. The Kier molecular flexibility index (Phi) is 3.87. The second-order valence-corrected chi connectivity index (χ2v) is 6.17. The van der Waals surface area contributed by atoms with Crippen molar-refractivity contribution in [1.82, 2.24) is 0 Å². The Hall–Kier alpha value is 0.270. The first kappa shape index (κ1) is 12.7. The van der Waals surface area contributed by atoms with Gasteiger partial charge in [0.2, 0.25) is 0 Å². The molecular formula is C13H24O2S. The second-order valence-electron chi connectivity index (χ2n) is 5.47. The molecule has 5 atom stereocenters. The van der Waals surface area contributed by atoms with Gasteiger partial charge in [0.25, 0.3) is 0 Å². The van der Waals surface area contributed by atoms with Gasteiger partial charge in [0, 0.05) is 5.92 Å². The molecule has 2 nitrogen and oxygen atoms in total. The molecule has 1 heterocycles. The lowest BCUT2D eigenvalue weighted by Gasteiger charge is -2.17. The van der Waals surface area contributed by atoms with Crippen LogP contribution >= 0.6 is 12.6 Å². The van der Waals surface area contributed by atoms with E-state index in [-0.39, 0.29) is 4.93 Å². The first-order chi connectivity index (χ1) is 7.58. The maximum Gasteiger partial charge on any atom is 0.140 e. The first-order valence-electron chi connectivity index (χ1n) is 6.59. The lowest BCUT2D eigenvalue weighted by atomic mass is 10.1. The molecule has 2 rings (SSSR count). The van der Waals surface area contributed by atoms with Gasteiger partial charge in [0.15, 0.2) is 0 Å². The largest absolute Gasteiger partial charge is 0.378 e. The van der Waals surface area contributed by atoms with Crippen molar-refractivity contribution in [2.75, 3.05) is 6.61 Å². The van der Waals surface area contributed by atoms with Crippen molar-refractivity contribution in [2.45, 2.75) is 63.6 Å². The first-order valence-corrected chi connectivity index (χ1v) is 7.04. The lowest BCUT2D eigenvalue weighted by molar-refractivity contribution is 0.0216. The summed E-state index contributed by atoms with van der Waals surface area (Å²) in [5, 5.41) is 0. The monoisotopic (exact) mass is 244 g/mol. The number of unbranched alkanes of at least 4 members (excludes halogenated alkanes) is 1. The van der Waals surface area contributed by atoms with Crippen LogP contribution in [0.1, 0.15) is 46.5 Å². The van der Waals surface area contributed by atoms with E-state index < -0.39 is 0 Å². The van der Waals surface area contributed by atoms with E-state index in [2.05, 4.69) is 33.4 Å². The molecule has 0 bridgehead atoms.